The molecule has 1 aliphatic rings. The first-order chi connectivity index (χ1) is 10.7. The van der Waals surface area contributed by atoms with Crippen LogP contribution in [0, 0.1) is 6.92 Å². The maximum atomic E-state index is 5.41. The molecule has 1 atom stereocenters. The number of aromatic nitrogens is 2. The molecule has 1 saturated heterocycles. The lowest BCUT2D eigenvalue weighted by Crippen LogP contribution is -2.19. The summed E-state index contributed by atoms with van der Waals surface area (Å²) in [5.41, 5.74) is 2.59. The highest BCUT2D eigenvalue weighted by Gasteiger charge is 2.22. The maximum absolute atomic E-state index is 5.41. The van der Waals surface area contributed by atoms with E-state index in [1.54, 1.807) is 0 Å². The van der Waals surface area contributed by atoms with Gasteiger partial charge in [0.05, 0.1) is 6.54 Å². The molecule has 5 nitrogen and oxygen atoms in total. The number of aryl methyl sites for hydroxylation is 1. The van der Waals surface area contributed by atoms with Crippen LogP contribution >= 0.6 is 0 Å². The van der Waals surface area contributed by atoms with E-state index in [0.717, 1.165) is 37.8 Å². The molecule has 0 spiro atoms. The van der Waals surface area contributed by atoms with Crippen molar-refractivity contribution in [3.8, 4) is 0 Å². The topological polar surface area (TPSA) is 60.2 Å². The van der Waals surface area contributed by atoms with Crippen LogP contribution in [0.25, 0.3) is 0 Å². The Morgan fingerprint density at radius 2 is 2.05 bits per heavy atom. The van der Waals surface area contributed by atoms with Crippen molar-refractivity contribution in [3.63, 3.8) is 0 Å². The standard InChI is InChI=1S/C17H23N3O2/c1-12-5-3-4-6-15(12)13(2)18-11-16-19-17(22-20-16)14-7-9-21-10-8-14/h3-6,13-14,18H,7-11H2,1-2H3/t13-/m1/s1. The second kappa shape index (κ2) is 7.03. The Kier molecular flexibility index (Phi) is 4.85. The lowest BCUT2D eigenvalue weighted by atomic mass is 10.0. The quantitative estimate of drug-likeness (QED) is 0.919. The predicted octanol–water partition coefficient (Wildman–Crippen LogP) is 3.12. The van der Waals surface area contributed by atoms with Crippen LogP contribution in [0.15, 0.2) is 28.8 Å². The Morgan fingerprint density at radius 3 is 2.82 bits per heavy atom. The third-order valence-electron chi connectivity index (χ3n) is 4.28. The van der Waals surface area contributed by atoms with Crippen LogP contribution in [0.1, 0.15) is 54.6 Å². The second-order valence-corrected chi connectivity index (χ2v) is 5.89. The Balaban J connectivity index is 1.57. The summed E-state index contributed by atoms with van der Waals surface area (Å²) >= 11 is 0. The summed E-state index contributed by atoms with van der Waals surface area (Å²) in [6.07, 6.45) is 1.93. The molecule has 2 heterocycles. The molecule has 1 aromatic heterocycles. The lowest BCUT2D eigenvalue weighted by Gasteiger charge is -2.18. The smallest absolute Gasteiger partial charge is 0.229 e. The van der Waals surface area contributed by atoms with Crippen LogP contribution in [0.3, 0.4) is 0 Å². The molecule has 0 aliphatic carbocycles. The SMILES string of the molecule is Cc1ccccc1[C@@H](C)NCc1noc(C2CCOCC2)n1. The van der Waals surface area contributed by atoms with Crippen molar-refractivity contribution in [2.24, 2.45) is 0 Å². The summed E-state index contributed by atoms with van der Waals surface area (Å²) < 4.78 is 10.8. The van der Waals surface area contributed by atoms with E-state index in [4.69, 9.17) is 9.26 Å². The normalized spacial score (nSPS) is 17.5. The summed E-state index contributed by atoms with van der Waals surface area (Å²) in [6, 6.07) is 8.66. The van der Waals surface area contributed by atoms with Crippen LogP contribution in [0.4, 0.5) is 0 Å². The zero-order valence-corrected chi connectivity index (χ0v) is 13.2. The van der Waals surface area contributed by atoms with Crippen LogP contribution in [-0.4, -0.2) is 23.4 Å². The minimum Gasteiger partial charge on any atom is -0.381 e. The minimum absolute atomic E-state index is 0.256. The molecule has 1 aromatic carbocycles. The third kappa shape index (κ3) is 3.54. The van der Waals surface area contributed by atoms with Gasteiger partial charge in [0, 0.05) is 25.2 Å². The van der Waals surface area contributed by atoms with Gasteiger partial charge in [-0.05, 0) is 37.8 Å². The summed E-state index contributed by atoms with van der Waals surface area (Å²) in [6.45, 7) is 6.46. The number of nitrogens with zero attached hydrogens (tertiary/aromatic N) is 2. The maximum Gasteiger partial charge on any atom is 0.229 e. The third-order valence-corrected chi connectivity index (χ3v) is 4.28. The van der Waals surface area contributed by atoms with E-state index in [2.05, 4.69) is 53.6 Å². The zero-order valence-electron chi connectivity index (χ0n) is 13.2. The van der Waals surface area contributed by atoms with Crippen molar-refractivity contribution in [1.29, 1.82) is 0 Å². The van der Waals surface area contributed by atoms with Gasteiger partial charge in [-0.1, -0.05) is 29.4 Å². The van der Waals surface area contributed by atoms with E-state index in [9.17, 15) is 0 Å². The fourth-order valence-electron chi connectivity index (χ4n) is 2.88. The first kappa shape index (κ1) is 15.2. The lowest BCUT2D eigenvalue weighted by molar-refractivity contribution is 0.0778. The van der Waals surface area contributed by atoms with Gasteiger partial charge < -0.3 is 14.6 Å². The van der Waals surface area contributed by atoms with Crippen LogP contribution in [0.2, 0.25) is 0 Å². The van der Waals surface area contributed by atoms with Gasteiger partial charge in [0.2, 0.25) is 5.89 Å². The van der Waals surface area contributed by atoms with Gasteiger partial charge in [0.1, 0.15) is 0 Å². The van der Waals surface area contributed by atoms with E-state index in [1.807, 2.05) is 0 Å². The second-order valence-electron chi connectivity index (χ2n) is 5.89. The highest BCUT2D eigenvalue weighted by Crippen LogP contribution is 2.25. The van der Waals surface area contributed by atoms with Crippen LogP contribution in [-0.2, 0) is 11.3 Å². The largest absolute Gasteiger partial charge is 0.381 e. The minimum atomic E-state index is 0.256. The fraction of sp³-hybridized carbons (Fsp3) is 0.529. The first-order valence-corrected chi connectivity index (χ1v) is 7.93. The number of ether oxygens (including phenoxy) is 1. The Bertz CT molecular complexity index is 605. The monoisotopic (exact) mass is 301 g/mol. The predicted molar refractivity (Wildman–Crippen MR) is 83.5 cm³/mol. The Morgan fingerprint density at radius 1 is 1.27 bits per heavy atom. The van der Waals surface area contributed by atoms with Crippen molar-refractivity contribution in [2.75, 3.05) is 13.2 Å². The number of rotatable bonds is 5. The molecular weight excluding hydrogens is 278 g/mol. The molecule has 0 saturated carbocycles. The van der Waals surface area contributed by atoms with Gasteiger partial charge in [-0.25, -0.2) is 0 Å². The molecule has 1 aliphatic heterocycles. The van der Waals surface area contributed by atoms with E-state index < -0.39 is 0 Å². The Labute approximate surface area is 131 Å². The van der Waals surface area contributed by atoms with Crippen molar-refractivity contribution >= 4 is 0 Å². The molecule has 0 radical (unpaired) electrons. The summed E-state index contributed by atoms with van der Waals surface area (Å²) in [5, 5.41) is 7.55. The van der Waals surface area contributed by atoms with Gasteiger partial charge in [-0.3, -0.25) is 0 Å². The molecule has 1 fully saturated rings. The van der Waals surface area contributed by atoms with Crippen molar-refractivity contribution in [3.05, 3.63) is 47.1 Å². The van der Waals surface area contributed by atoms with Gasteiger partial charge in [0.15, 0.2) is 5.82 Å². The van der Waals surface area contributed by atoms with Gasteiger partial charge in [0.25, 0.3) is 0 Å². The fourth-order valence-corrected chi connectivity index (χ4v) is 2.88. The van der Waals surface area contributed by atoms with Gasteiger partial charge in [-0.2, -0.15) is 4.98 Å². The van der Waals surface area contributed by atoms with Crippen molar-refractivity contribution in [1.82, 2.24) is 15.5 Å². The molecule has 0 unspecified atom stereocenters. The van der Waals surface area contributed by atoms with E-state index in [1.165, 1.54) is 11.1 Å². The zero-order chi connectivity index (χ0) is 15.4. The molecule has 3 rings (SSSR count). The molecule has 0 bridgehead atoms. The van der Waals surface area contributed by atoms with Crippen LogP contribution in [0.5, 0.6) is 0 Å². The molecule has 1 N–H and O–H groups in total. The van der Waals surface area contributed by atoms with Crippen molar-refractivity contribution < 1.29 is 9.26 Å². The van der Waals surface area contributed by atoms with E-state index >= 15 is 0 Å². The molecule has 0 amide bonds. The summed E-state index contributed by atoms with van der Waals surface area (Å²) in [4.78, 5) is 4.53. The average molecular weight is 301 g/mol. The van der Waals surface area contributed by atoms with Crippen molar-refractivity contribution in [2.45, 2.75) is 45.2 Å². The number of hydrogen-bond acceptors (Lipinski definition) is 5. The summed E-state index contributed by atoms with van der Waals surface area (Å²) in [5.74, 6) is 1.83. The molecular formula is C17H23N3O2. The number of benzene rings is 1. The molecule has 22 heavy (non-hydrogen) atoms. The average Bonchev–Trinajstić information content (AvgIpc) is 3.03. The Hall–Kier alpha value is -1.72. The molecule has 5 heteroatoms. The first-order valence-electron chi connectivity index (χ1n) is 7.93. The summed E-state index contributed by atoms with van der Waals surface area (Å²) in [7, 11) is 0. The van der Waals surface area contributed by atoms with E-state index in [0.29, 0.717) is 12.5 Å². The van der Waals surface area contributed by atoms with Crippen LogP contribution < -0.4 is 5.32 Å². The number of nitrogens with one attached hydrogen (secondary N) is 1. The highest BCUT2D eigenvalue weighted by molar-refractivity contribution is 5.28. The molecule has 2 aromatic rings. The van der Waals surface area contributed by atoms with E-state index in [-0.39, 0.29) is 6.04 Å². The van der Waals surface area contributed by atoms with Gasteiger partial charge in [-0.15, -0.1) is 0 Å². The number of hydrogen-bond donors (Lipinski definition) is 1. The van der Waals surface area contributed by atoms with Gasteiger partial charge >= 0.3 is 0 Å². The molecule has 118 valence electrons. The highest BCUT2D eigenvalue weighted by atomic mass is 16.5.